The monoisotopic (exact) mass is 909 g/mol. The molecule has 8 aromatic carbocycles. The molecule has 1 heterocycles. The van der Waals surface area contributed by atoms with Gasteiger partial charge in [-0.05, 0) is 66.1 Å². The highest BCUT2D eigenvalue weighted by molar-refractivity contribution is 6.77. The minimum atomic E-state index is 1.03. The molecule has 9 aromatic rings. The molecule has 0 spiro atoms. The lowest BCUT2D eigenvalue weighted by Crippen LogP contribution is -2.57. The van der Waals surface area contributed by atoms with Crippen LogP contribution in [0, 0.1) is 0 Å². The van der Waals surface area contributed by atoms with Crippen molar-refractivity contribution in [1.29, 1.82) is 0 Å². The standard InChI is InChI=1S/C44H56B28O/c45-15-7(16(46)10(12-25(55)35(65)39(69)36(66)26(12)56)17(47)9(15)11-23(53)33(63)38(68)34(64)24(11)54)1-3-5(21(51)31(61)29(59)19(3)49)2(6-4(1)20(50)30(60)32(62)22(6)52)8-18(48)13-14-28(58)37(67)40(70)42(72)44(14)73-43(13)41(71)27(8)57/h45-72H2. The average Bonchev–Trinajstić information content (AvgIpc) is 3.77. The van der Waals surface area contributed by atoms with Crippen molar-refractivity contribution >= 4 is 416 Å². The molecule has 0 radical (unpaired) electrons. The molecular formula is C44H56B28O. The van der Waals surface area contributed by atoms with Crippen LogP contribution in [-0.2, 0) is 0 Å². The first-order chi connectivity index (χ1) is 34.0. The van der Waals surface area contributed by atoms with Crippen LogP contribution in [0.5, 0.6) is 0 Å². The van der Waals surface area contributed by atoms with Gasteiger partial charge in [0.15, 0.2) is 0 Å². The van der Waals surface area contributed by atoms with Crippen molar-refractivity contribution in [3.63, 3.8) is 0 Å². The molecule has 0 fully saturated rings. The second-order valence-electron chi connectivity index (χ2n) is 23.5. The second-order valence-corrected chi connectivity index (χ2v) is 23.5. The van der Waals surface area contributed by atoms with E-state index < -0.39 is 0 Å². The summed E-state index contributed by atoms with van der Waals surface area (Å²) in [6.07, 6.45) is 0. The maximum atomic E-state index is 7.10. The summed E-state index contributed by atoms with van der Waals surface area (Å²) in [6.45, 7) is 0. The zero-order valence-electron chi connectivity index (χ0n) is 50.4. The third-order valence-corrected chi connectivity index (χ3v) is 21.0. The van der Waals surface area contributed by atoms with Crippen molar-refractivity contribution in [3.8, 4) is 44.5 Å². The molecule has 1 nitrogen and oxygen atoms in total. The van der Waals surface area contributed by atoms with Crippen LogP contribution >= 0.6 is 0 Å². The van der Waals surface area contributed by atoms with E-state index in [9.17, 15) is 0 Å². The van der Waals surface area contributed by atoms with Crippen LogP contribution in [0.1, 0.15) is 0 Å². The first-order valence-electron chi connectivity index (χ1n) is 27.2. The SMILES string of the molecule is Bc1c(B)c(B)c(-c2c(B)c(-c3c(B)c(B)c(B)c(B)c3B)c(B)c(-c3c4c(B)c(B)c(B)c(B)c4c(-c4c(B)c(B)c5oc6c(B)c(B)c(B)c(B)c6c5c4B)c4c(B)c(B)c(B)c(B)c34)c2B)c(B)c1B. The normalized spacial score (nSPS) is 11.7. The summed E-state index contributed by atoms with van der Waals surface area (Å²) in [5, 5.41) is 8.09. The van der Waals surface area contributed by atoms with E-state index in [1.807, 2.05) is 0 Å². The van der Waals surface area contributed by atoms with Gasteiger partial charge in [-0.15, -0.1) is 60.1 Å². The van der Waals surface area contributed by atoms with Gasteiger partial charge in [0.1, 0.15) is 231 Å². The Hall–Kier alpha value is -4.10. The van der Waals surface area contributed by atoms with Gasteiger partial charge in [-0.25, -0.2) is 0 Å². The van der Waals surface area contributed by atoms with E-state index in [2.05, 4.69) is 220 Å². The summed E-state index contributed by atoms with van der Waals surface area (Å²) < 4.78 is 7.10. The van der Waals surface area contributed by atoms with Crippen LogP contribution in [-0.4, -0.2) is 220 Å². The van der Waals surface area contributed by atoms with Gasteiger partial charge in [-0.2, -0.15) is 0 Å². The summed E-state index contributed by atoms with van der Waals surface area (Å²) in [4.78, 5) is 0. The lowest BCUT2D eigenvalue weighted by atomic mass is 9.54. The molecule has 0 saturated heterocycles. The van der Waals surface area contributed by atoms with Crippen LogP contribution in [0.25, 0.3) is 88.0 Å². The van der Waals surface area contributed by atoms with Crippen molar-refractivity contribution in [1.82, 2.24) is 0 Å². The average molecular weight is 904 g/mol. The quantitative estimate of drug-likeness (QED) is 0.127. The van der Waals surface area contributed by atoms with Gasteiger partial charge in [0.2, 0.25) is 0 Å². The lowest BCUT2D eigenvalue weighted by Gasteiger charge is -2.33. The summed E-state index contributed by atoms with van der Waals surface area (Å²) in [5.41, 5.74) is 51.3. The molecular weight excluding hydrogens is 847 g/mol. The third kappa shape index (κ3) is 7.09. The Morgan fingerprint density at radius 2 is 0.288 bits per heavy atom. The van der Waals surface area contributed by atoms with Gasteiger partial charge in [0.05, 0.1) is 0 Å². The number of furan rings is 1. The Balaban J connectivity index is 1.66. The fourth-order valence-electron chi connectivity index (χ4n) is 14.5. The van der Waals surface area contributed by atoms with Crippen molar-refractivity contribution in [2.24, 2.45) is 0 Å². The van der Waals surface area contributed by atoms with Crippen LogP contribution in [0.15, 0.2) is 4.42 Å². The van der Waals surface area contributed by atoms with Crippen molar-refractivity contribution in [2.45, 2.75) is 0 Å². The zero-order chi connectivity index (χ0) is 54.1. The molecule has 29 heteroatoms. The summed E-state index contributed by atoms with van der Waals surface area (Å²) in [7, 11) is 66.4. The van der Waals surface area contributed by atoms with Crippen molar-refractivity contribution in [2.75, 3.05) is 0 Å². The van der Waals surface area contributed by atoms with Gasteiger partial charge in [-0.1, -0.05) is 92.9 Å². The molecule has 0 N–H and O–H groups in total. The molecule has 322 valence electrons. The van der Waals surface area contributed by atoms with Crippen LogP contribution in [0.4, 0.5) is 0 Å². The molecule has 0 saturated carbocycles. The Morgan fingerprint density at radius 1 is 0.123 bits per heavy atom. The highest BCUT2D eigenvalue weighted by Crippen LogP contribution is 2.40. The predicted molar refractivity (Wildman–Crippen MR) is 419 cm³/mol. The number of hydrogen-bond donors (Lipinski definition) is 0. The second kappa shape index (κ2) is 18.3. The van der Waals surface area contributed by atoms with Gasteiger partial charge in [0.25, 0.3) is 0 Å². The maximum Gasteiger partial charge on any atom is 0.143 e. The Bertz CT molecular complexity index is 3880. The summed E-state index contributed by atoms with van der Waals surface area (Å²) in [5.74, 6) is 0. The third-order valence-electron chi connectivity index (χ3n) is 21.0. The first kappa shape index (κ1) is 53.7. The van der Waals surface area contributed by atoms with Crippen LogP contribution < -0.4 is 153 Å². The van der Waals surface area contributed by atoms with Gasteiger partial charge >= 0.3 is 0 Å². The first-order valence-corrected chi connectivity index (χ1v) is 27.2. The van der Waals surface area contributed by atoms with E-state index in [0.717, 1.165) is 11.2 Å². The highest BCUT2D eigenvalue weighted by Gasteiger charge is 2.32. The predicted octanol–water partition coefficient (Wildman–Crippen LogP) is -36.2. The smallest absolute Gasteiger partial charge is 0.143 e. The summed E-state index contributed by atoms with van der Waals surface area (Å²) in [6, 6.07) is 0. The zero-order valence-corrected chi connectivity index (χ0v) is 50.4. The Kier molecular flexibility index (Phi) is 13.5. The van der Waals surface area contributed by atoms with E-state index in [0.29, 0.717) is 0 Å². The molecule has 0 aliphatic carbocycles. The summed E-state index contributed by atoms with van der Waals surface area (Å²) >= 11 is 0. The molecule has 0 atom stereocenters. The van der Waals surface area contributed by atoms with E-state index in [1.165, 1.54) is 230 Å². The molecule has 0 aliphatic heterocycles. The Morgan fingerprint density at radius 3 is 0.589 bits per heavy atom. The fourth-order valence-corrected chi connectivity index (χ4v) is 14.5. The molecule has 0 aliphatic rings. The van der Waals surface area contributed by atoms with Crippen LogP contribution in [0.3, 0.4) is 0 Å². The number of hydrogen-bond acceptors (Lipinski definition) is 1. The highest BCUT2D eigenvalue weighted by atomic mass is 16.3. The molecule has 1 aromatic heterocycles. The van der Waals surface area contributed by atoms with E-state index >= 15 is 0 Å². The van der Waals surface area contributed by atoms with E-state index in [1.54, 1.807) is 0 Å². The Labute approximate surface area is 461 Å². The van der Waals surface area contributed by atoms with E-state index in [-0.39, 0.29) is 0 Å². The van der Waals surface area contributed by atoms with Crippen molar-refractivity contribution in [3.05, 3.63) is 0 Å². The topological polar surface area (TPSA) is 13.1 Å². The fraction of sp³-hybridized carbons (Fsp3) is 0. The van der Waals surface area contributed by atoms with Gasteiger partial charge < -0.3 is 4.42 Å². The van der Waals surface area contributed by atoms with Crippen molar-refractivity contribution < 1.29 is 4.42 Å². The maximum absolute atomic E-state index is 7.10. The number of fused-ring (bicyclic) bond motifs is 5. The number of benzene rings is 8. The van der Waals surface area contributed by atoms with Gasteiger partial charge in [0, 0.05) is 10.8 Å². The number of rotatable bonds is 4. The largest absolute Gasteiger partial charge is 0.457 e. The molecule has 9 rings (SSSR count). The molecule has 0 unspecified atom stereocenters. The molecule has 0 amide bonds. The minimum Gasteiger partial charge on any atom is -0.457 e. The molecule has 73 heavy (non-hydrogen) atoms. The molecule has 0 bridgehead atoms. The minimum absolute atomic E-state index is 1.03. The lowest BCUT2D eigenvalue weighted by molar-refractivity contribution is 0.675. The van der Waals surface area contributed by atoms with Crippen LogP contribution in [0.2, 0.25) is 0 Å². The van der Waals surface area contributed by atoms with Gasteiger partial charge in [-0.3, -0.25) is 0 Å². The van der Waals surface area contributed by atoms with E-state index in [4.69, 9.17) is 4.42 Å².